The number of hydrogen-bond acceptors (Lipinski definition) is 4. The Hall–Kier alpha value is -2.93. The third kappa shape index (κ3) is 3.77. The maximum absolute atomic E-state index is 12.8. The number of aryl methyl sites for hydroxylation is 2. The lowest BCUT2D eigenvalue weighted by molar-refractivity contribution is -0.132. The van der Waals surface area contributed by atoms with E-state index < -0.39 is 0 Å². The number of nitrogens with one attached hydrogen (secondary N) is 1. The summed E-state index contributed by atoms with van der Waals surface area (Å²) in [5.41, 5.74) is 4.34. The molecule has 2 aromatic heterocycles. The number of hydrogen-bond donors (Lipinski definition) is 1. The van der Waals surface area contributed by atoms with Crippen LogP contribution in [-0.2, 0) is 30.6 Å². The topological polar surface area (TPSA) is 74.2 Å². The van der Waals surface area contributed by atoms with E-state index in [-0.39, 0.29) is 11.5 Å². The number of piperazine rings is 1. The average molecular weight is 406 g/mol. The molecule has 3 aromatic rings. The Morgan fingerprint density at radius 3 is 2.77 bits per heavy atom. The summed E-state index contributed by atoms with van der Waals surface area (Å²) in [5, 5.41) is 5.68. The number of aromatic nitrogens is 3. The van der Waals surface area contributed by atoms with Crippen molar-refractivity contribution >= 4 is 16.8 Å². The zero-order valence-corrected chi connectivity index (χ0v) is 17.1. The van der Waals surface area contributed by atoms with Crippen molar-refractivity contribution in [3.8, 4) is 0 Å². The Kier molecular flexibility index (Phi) is 5.12. The highest BCUT2D eigenvalue weighted by atomic mass is 16.2. The number of H-pyrrole nitrogens is 1. The van der Waals surface area contributed by atoms with Gasteiger partial charge in [-0.05, 0) is 36.5 Å². The normalized spacial score (nSPS) is 16.9. The number of para-hydroxylation sites is 1. The molecule has 1 aromatic carbocycles. The quantitative estimate of drug-likeness (QED) is 0.700. The zero-order chi connectivity index (χ0) is 20.5. The van der Waals surface area contributed by atoms with E-state index in [9.17, 15) is 9.59 Å². The lowest BCUT2D eigenvalue weighted by atomic mass is 10.1. The van der Waals surface area contributed by atoms with Crippen LogP contribution in [0.4, 0.5) is 0 Å². The van der Waals surface area contributed by atoms with Gasteiger partial charge >= 0.3 is 0 Å². The third-order valence-corrected chi connectivity index (χ3v) is 6.39. The number of rotatable bonds is 5. The molecule has 1 aliphatic heterocycles. The molecule has 0 radical (unpaired) electrons. The summed E-state index contributed by atoms with van der Waals surface area (Å²) in [6.07, 6.45) is 5.43. The Bertz CT molecular complexity index is 1120. The van der Waals surface area contributed by atoms with Crippen molar-refractivity contribution in [3.63, 3.8) is 0 Å². The van der Waals surface area contributed by atoms with Crippen molar-refractivity contribution in [1.82, 2.24) is 24.6 Å². The molecule has 0 unspecified atom stereocenters. The molecule has 1 N–H and O–H groups in total. The maximum atomic E-state index is 12.8. The van der Waals surface area contributed by atoms with Crippen LogP contribution in [0.25, 0.3) is 10.9 Å². The molecule has 0 bridgehead atoms. The molecule has 156 valence electrons. The molecule has 7 nitrogen and oxygen atoms in total. The van der Waals surface area contributed by atoms with Crippen LogP contribution in [0.3, 0.4) is 0 Å². The third-order valence-electron chi connectivity index (χ3n) is 6.39. The predicted molar refractivity (Wildman–Crippen MR) is 116 cm³/mol. The molecular weight excluding hydrogens is 378 g/mol. The van der Waals surface area contributed by atoms with E-state index >= 15 is 0 Å². The van der Waals surface area contributed by atoms with Gasteiger partial charge in [-0.25, -0.2) is 4.68 Å². The molecule has 3 heterocycles. The van der Waals surface area contributed by atoms with Gasteiger partial charge in [-0.2, -0.15) is 5.10 Å². The van der Waals surface area contributed by atoms with Crippen molar-refractivity contribution in [2.24, 2.45) is 0 Å². The van der Waals surface area contributed by atoms with Gasteiger partial charge in [0.25, 0.3) is 5.56 Å². The highest BCUT2D eigenvalue weighted by Gasteiger charge is 2.22. The molecule has 0 atom stereocenters. The Labute approximate surface area is 175 Å². The minimum atomic E-state index is 0.00296. The zero-order valence-electron chi connectivity index (χ0n) is 17.1. The molecule has 0 spiro atoms. The Morgan fingerprint density at radius 2 is 1.90 bits per heavy atom. The summed E-state index contributed by atoms with van der Waals surface area (Å²) < 4.78 is 1.61. The van der Waals surface area contributed by atoms with Gasteiger partial charge in [-0.3, -0.25) is 14.5 Å². The fourth-order valence-corrected chi connectivity index (χ4v) is 4.61. The fourth-order valence-electron chi connectivity index (χ4n) is 4.61. The van der Waals surface area contributed by atoms with Gasteiger partial charge in [0.05, 0.1) is 18.7 Å². The SMILES string of the molecule is O=C(Cc1c[nH]c2ccccc12)N1CCN(CCn2nc3c(cc2=O)CCC3)CC1. The first-order chi connectivity index (χ1) is 14.7. The van der Waals surface area contributed by atoms with Gasteiger partial charge in [-0.15, -0.1) is 0 Å². The highest BCUT2D eigenvalue weighted by Crippen LogP contribution is 2.19. The van der Waals surface area contributed by atoms with Crippen LogP contribution in [0.5, 0.6) is 0 Å². The van der Waals surface area contributed by atoms with Crippen molar-refractivity contribution in [1.29, 1.82) is 0 Å². The molecule has 30 heavy (non-hydrogen) atoms. The van der Waals surface area contributed by atoms with Gasteiger partial charge in [0.2, 0.25) is 5.91 Å². The summed E-state index contributed by atoms with van der Waals surface area (Å²) >= 11 is 0. The molecule has 1 aliphatic carbocycles. The summed E-state index contributed by atoms with van der Waals surface area (Å²) in [5.74, 6) is 0.177. The minimum Gasteiger partial charge on any atom is -0.361 e. The number of carbonyl (C=O) groups is 1. The van der Waals surface area contributed by atoms with E-state index in [2.05, 4.69) is 21.0 Å². The van der Waals surface area contributed by atoms with Crippen LogP contribution in [0.2, 0.25) is 0 Å². The van der Waals surface area contributed by atoms with Crippen molar-refractivity contribution in [2.75, 3.05) is 32.7 Å². The van der Waals surface area contributed by atoms with Gasteiger partial charge in [0, 0.05) is 55.9 Å². The molecule has 1 fully saturated rings. The summed E-state index contributed by atoms with van der Waals surface area (Å²) in [6.45, 7) is 4.52. The van der Waals surface area contributed by atoms with Crippen LogP contribution < -0.4 is 5.56 Å². The van der Waals surface area contributed by atoms with E-state index in [1.54, 1.807) is 10.7 Å². The second-order valence-electron chi connectivity index (χ2n) is 8.29. The van der Waals surface area contributed by atoms with Crippen molar-refractivity contribution in [2.45, 2.75) is 32.2 Å². The average Bonchev–Trinajstić information content (AvgIpc) is 3.39. The standard InChI is InChI=1S/C23H27N5O2/c29-22(15-18-16-24-21-6-2-1-5-19(18)21)27-11-8-26(9-12-27)10-13-28-23(30)14-17-4-3-7-20(17)25-28/h1-2,5-6,14,16,24H,3-4,7-13,15H2. The Morgan fingerprint density at radius 1 is 1.07 bits per heavy atom. The Balaban J connectivity index is 1.14. The number of aromatic amines is 1. The number of nitrogens with zero attached hydrogens (tertiary/aromatic N) is 4. The molecule has 5 rings (SSSR count). The lowest BCUT2D eigenvalue weighted by Crippen LogP contribution is -2.50. The van der Waals surface area contributed by atoms with Crippen LogP contribution in [0, 0.1) is 0 Å². The number of carbonyl (C=O) groups excluding carboxylic acids is 1. The van der Waals surface area contributed by atoms with Crippen LogP contribution in [0.15, 0.2) is 41.3 Å². The largest absolute Gasteiger partial charge is 0.361 e. The fraction of sp³-hybridized carbons (Fsp3) is 0.435. The second-order valence-corrected chi connectivity index (χ2v) is 8.29. The summed E-state index contributed by atoms with van der Waals surface area (Å²) in [7, 11) is 0. The number of benzene rings is 1. The van der Waals surface area contributed by atoms with Crippen molar-refractivity contribution < 1.29 is 4.79 Å². The monoisotopic (exact) mass is 405 g/mol. The molecule has 0 saturated carbocycles. The van der Waals surface area contributed by atoms with Crippen LogP contribution in [0.1, 0.15) is 23.2 Å². The highest BCUT2D eigenvalue weighted by molar-refractivity contribution is 5.88. The molecule has 2 aliphatic rings. The molecule has 1 amide bonds. The van der Waals surface area contributed by atoms with Gasteiger partial charge in [0.15, 0.2) is 0 Å². The molecular formula is C23H27N5O2. The van der Waals surface area contributed by atoms with E-state index in [1.807, 2.05) is 29.3 Å². The van der Waals surface area contributed by atoms with Crippen molar-refractivity contribution in [3.05, 3.63) is 63.7 Å². The second kappa shape index (κ2) is 8.07. The van der Waals surface area contributed by atoms with E-state index in [0.29, 0.717) is 13.0 Å². The van der Waals surface area contributed by atoms with E-state index in [4.69, 9.17) is 0 Å². The summed E-state index contributed by atoms with van der Waals surface area (Å²) in [6, 6.07) is 9.85. The minimum absolute atomic E-state index is 0.00296. The first-order valence-corrected chi connectivity index (χ1v) is 10.8. The molecule has 7 heteroatoms. The first-order valence-electron chi connectivity index (χ1n) is 10.8. The number of fused-ring (bicyclic) bond motifs is 2. The maximum Gasteiger partial charge on any atom is 0.267 e. The van der Waals surface area contributed by atoms with Crippen LogP contribution >= 0.6 is 0 Å². The smallest absolute Gasteiger partial charge is 0.267 e. The van der Waals surface area contributed by atoms with Gasteiger partial charge < -0.3 is 9.88 Å². The van der Waals surface area contributed by atoms with E-state index in [1.165, 1.54) is 0 Å². The van der Waals surface area contributed by atoms with Gasteiger partial charge in [0.1, 0.15) is 0 Å². The van der Waals surface area contributed by atoms with Crippen LogP contribution in [-0.4, -0.2) is 63.2 Å². The lowest BCUT2D eigenvalue weighted by Gasteiger charge is -2.34. The first kappa shape index (κ1) is 19.1. The van der Waals surface area contributed by atoms with E-state index in [0.717, 1.165) is 79.7 Å². The van der Waals surface area contributed by atoms with Gasteiger partial charge in [-0.1, -0.05) is 18.2 Å². The predicted octanol–water partition coefficient (Wildman–Crippen LogP) is 1.60. The summed E-state index contributed by atoms with van der Waals surface area (Å²) in [4.78, 5) is 32.6. The molecule has 1 saturated heterocycles. The number of amides is 1.